The number of fused-ring (bicyclic) bond motifs is 1. The lowest BCUT2D eigenvalue weighted by molar-refractivity contribution is -0.115. The Morgan fingerprint density at radius 1 is 1.04 bits per heavy atom. The van der Waals surface area contributed by atoms with E-state index in [1.54, 1.807) is 0 Å². The molecule has 3 nitrogen and oxygen atoms in total. The van der Waals surface area contributed by atoms with Gasteiger partial charge >= 0.3 is 0 Å². The SMILES string of the molecule is O=C(CN1CCCc2cc(F)cc(F)c21)Nc1ccc(F)cc1F. The highest BCUT2D eigenvalue weighted by Gasteiger charge is 2.24. The number of rotatable bonds is 3. The van der Waals surface area contributed by atoms with E-state index in [9.17, 15) is 22.4 Å². The topological polar surface area (TPSA) is 32.3 Å². The third kappa shape index (κ3) is 3.34. The van der Waals surface area contributed by atoms with Crippen LogP contribution >= 0.6 is 0 Å². The molecule has 24 heavy (non-hydrogen) atoms. The van der Waals surface area contributed by atoms with Gasteiger partial charge in [0.1, 0.15) is 23.3 Å². The Labute approximate surface area is 135 Å². The second kappa shape index (κ2) is 6.51. The van der Waals surface area contributed by atoms with Gasteiger partial charge < -0.3 is 10.2 Å². The molecule has 0 fully saturated rings. The molecule has 1 aliphatic rings. The maximum absolute atomic E-state index is 14.1. The van der Waals surface area contributed by atoms with Gasteiger partial charge in [-0.1, -0.05) is 0 Å². The zero-order valence-electron chi connectivity index (χ0n) is 12.6. The van der Waals surface area contributed by atoms with Gasteiger partial charge in [-0.05, 0) is 36.6 Å². The Morgan fingerprint density at radius 2 is 1.79 bits per heavy atom. The molecule has 0 saturated carbocycles. The highest BCUT2D eigenvalue weighted by molar-refractivity contribution is 5.94. The van der Waals surface area contributed by atoms with Crippen molar-refractivity contribution < 1.29 is 22.4 Å². The monoisotopic (exact) mass is 338 g/mol. The number of hydrogen-bond acceptors (Lipinski definition) is 2. The molecule has 2 aromatic rings. The van der Waals surface area contributed by atoms with E-state index in [1.165, 1.54) is 11.0 Å². The van der Waals surface area contributed by atoms with Crippen molar-refractivity contribution >= 4 is 17.3 Å². The Balaban J connectivity index is 1.76. The smallest absolute Gasteiger partial charge is 0.243 e. The number of anilines is 2. The summed E-state index contributed by atoms with van der Waals surface area (Å²) >= 11 is 0. The molecular formula is C17H14F4N2O. The molecule has 0 atom stereocenters. The lowest BCUT2D eigenvalue weighted by atomic mass is 10.0. The van der Waals surface area contributed by atoms with E-state index in [-0.39, 0.29) is 17.9 Å². The number of carbonyl (C=O) groups excluding carboxylic acids is 1. The number of aryl methyl sites for hydroxylation is 1. The molecule has 7 heteroatoms. The molecule has 1 heterocycles. The Hall–Kier alpha value is -2.57. The lowest BCUT2D eigenvalue weighted by Crippen LogP contribution is -2.37. The van der Waals surface area contributed by atoms with Gasteiger partial charge in [0.15, 0.2) is 0 Å². The van der Waals surface area contributed by atoms with Gasteiger partial charge in [-0.15, -0.1) is 0 Å². The summed E-state index contributed by atoms with van der Waals surface area (Å²) in [6.45, 7) is 0.210. The summed E-state index contributed by atoms with van der Waals surface area (Å²) in [6.07, 6.45) is 1.17. The molecule has 3 rings (SSSR count). The maximum atomic E-state index is 14.1. The van der Waals surface area contributed by atoms with E-state index in [0.717, 1.165) is 18.2 Å². The van der Waals surface area contributed by atoms with Crippen molar-refractivity contribution in [2.75, 3.05) is 23.3 Å². The summed E-state index contributed by atoms with van der Waals surface area (Å²) in [7, 11) is 0. The van der Waals surface area contributed by atoms with Gasteiger partial charge in [-0.25, -0.2) is 17.6 Å². The average Bonchev–Trinajstić information content (AvgIpc) is 2.49. The predicted molar refractivity (Wildman–Crippen MR) is 81.9 cm³/mol. The normalized spacial score (nSPS) is 13.6. The van der Waals surface area contributed by atoms with Crippen molar-refractivity contribution in [3.8, 4) is 0 Å². The fourth-order valence-corrected chi connectivity index (χ4v) is 2.85. The average molecular weight is 338 g/mol. The number of nitrogens with one attached hydrogen (secondary N) is 1. The third-order valence-corrected chi connectivity index (χ3v) is 3.84. The Bertz CT molecular complexity index is 794. The van der Waals surface area contributed by atoms with Crippen LogP contribution in [-0.4, -0.2) is 19.0 Å². The van der Waals surface area contributed by atoms with Crippen LogP contribution in [0.1, 0.15) is 12.0 Å². The van der Waals surface area contributed by atoms with Crippen molar-refractivity contribution in [1.29, 1.82) is 0 Å². The molecule has 126 valence electrons. The van der Waals surface area contributed by atoms with E-state index < -0.39 is 29.2 Å². The van der Waals surface area contributed by atoms with Gasteiger partial charge in [-0.2, -0.15) is 0 Å². The molecule has 0 aromatic heterocycles. The van der Waals surface area contributed by atoms with Gasteiger partial charge in [0.2, 0.25) is 5.91 Å². The second-order valence-corrected chi connectivity index (χ2v) is 5.59. The molecule has 0 bridgehead atoms. The third-order valence-electron chi connectivity index (χ3n) is 3.84. The molecular weight excluding hydrogens is 324 g/mol. The standard InChI is InChI=1S/C17H14F4N2O/c18-11-3-4-15(13(20)7-11)22-16(24)9-23-5-1-2-10-6-12(19)8-14(21)17(10)23/h3-4,6-8H,1-2,5,9H2,(H,22,24). The van der Waals surface area contributed by atoms with Crippen LogP contribution in [0.3, 0.4) is 0 Å². The summed E-state index contributed by atoms with van der Waals surface area (Å²) in [5.74, 6) is -3.61. The van der Waals surface area contributed by atoms with Crippen LogP contribution in [0.25, 0.3) is 0 Å². The highest BCUT2D eigenvalue weighted by Crippen LogP contribution is 2.30. The van der Waals surface area contributed by atoms with E-state index in [1.807, 2.05) is 0 Å². The van der Waals surface area contributed by atoms with Crippen LogP contribution in [0.2, 0.25) is 0 Å². The summed E-state index contributed by atoms with van der Waals surface area (Å²) in [6, 6.07) is 4.82. The molecule has 1 aliphatic heterocycles. The maximum Gasteiger partial charge on any atom is 0.243 e. The van der Waals surface area contributed by atoms with E-state index in [4.69, 9.17) is 0 Å². The minimum Gasteiger partial charge on any atom is -0.360 e. The van der Waals surface area contributed by atoms with Crippen molar-refractivity contribution in [1.82, 2.24) is 0 Å². The van der Waals surface area contributed by atoms with Crippen LogP contribution in [0.15, 0.2) is 30.3 Å². The number of benzene rings is 2. The number of halogens is 4. The fraction of sp³-hybridized carbons (Fsp3) is 0.235. The van der Waals surface area contributed by atoms with E-state index in [2.05, 4.69) is 5.32 Å². The molecule has 0 spiro atoms. The quantitative estimate of drug-likeness (QED) is 0.867. The van der Waals surface area contributed by atoms with Crippen LogP contribution < -0.4 is 10.2 Å². The molecule has 0 radical (unpaired) electrons. The van der Waals surface area contributed by atoms with Crippen molar-refractivity contribution in [3.05, 3.63) is 59.2 Å². The fourth-order valence-electron chi connectivity index (χ4n) is 2.85. The molecule has 0 aliphatic carbocycles. The van der Waals surface area contributed by atoms with Gasteiger partial charge in [-0.3, -0.25) is 4.79 Å². The predicted octanol–water partition coefficient (Wildman–Crippen LogP) is 3.63. The van der Waals surface area contributed by atoms with Crippen LogP contribution in [0, 0.1) is 23.3 Å². The van der Waals surface area contributed by atoms with Gasteiger partial charge in [0.25, 0.3) is 0 Å². The molecule has 1 amide bonds. The Morgan fingerprint density at radius 3 is 2.54 bits per heavy atom. The first-order valence-electron chi connectivity index (χ1n) is 7.42. The number of carbonyl (C=O) groups is 1. The molecule has 2 aromatic carbocycles. The van der Waals surface area contributed by atoms with Crippen molar-refractivity contribution in [3.63, 3.8) is 0 Å². The first-order valence-corrected chi connectivity index (χ1v) is 7.42. The minimum absolute atomic E-state index is 0.154. The van der Waals surface area contributed by atoms with Gasteiger partial charge in [0, 0.05) is 18.7 Å². The number of nitrogens with zero attached hydrogens (tertiary/aromatic N) is 1. The molecule has 0 unspecified atom stereocenters. The molecule has 1 N–H and O–H groups in total. The largest absolute Gasteiger partial charge is 0.360 e. The van der Waals surface area contributed by atoms with Crippen LogP contribution in [0.5, 0.6) is 0 Å². The molecule has 0 saturated heterocycles. The summed E-state index contributed by atoms with van der Waals surface area (Å²) in [4.78, 5) is 13.6. The first-order chi connectivity index (χ1) is 11.4. The summed E-state index contributed by atoms with van der Waals surface area (Å²) in [5, 5.41) is 2.33. The van der Waals surface area contributed by atoms with Crippen LogP contribution in [-0.2, 0) is 11.2 Å². The number of amides is 1. The first kappa shape index (κ1) is 16.3. The second-order valence-electron chi connectivity index (χ2n) is 5.59. The van der Waals surface area contributed by atoms with Crippen molar-refractivity contribution in [2.45, 2.75) is 12.8 Å². The van der Waals surface area contributed by atoms with Crippen molar-refractivity contribution in [2.24, 2.45) is 0 Å². The zero-order valence-corrected chi connectivity index (χ0v) is 12.6. The summed E-state index contributed by atoms with van der Waals surface area (Å²) in [5.41, 5.74) is 0.537. The van der Waals surface area contributed by atoms with E-state index >= 15 is 0 Å². The Kier molecular flexibility index (Phi) is 4.42. The summed E-state index contributed by atoms with van der Waals surface area (Å²) < 4.78 is 53.8. The highest BCUT2D eigenvalue weighted by atomic mass is 19.1. The van der Waals surface area contributed by atoms with Gasteiger partial charge in [0.05, 0.1) is 17.9 Å². The van der Waals surface area contributed by atoms with Crippen LogP contribution in [0.4, 0.5) is 28.9 Å². The lowest BCUT2D eigenvalue weighted by Gasteiger charge is -2.31. The van der Waals surface area contributed by atoms with E-state index in [0.29, 0.717) is 31.0 Å². The zero-order chi connectivity index (χ0) is 17.3. The number of hydrogen-bond donors (Lipinski definition) is 1. The minimum atomic E-state index is -0.893.